The predicted molar refractivity (Wildman–Crippen MR) is 64.8 cm³/mol. The molecule has 0 atom stereocenters. The summed E-state index contributed by atoms with van der Waals surface area (Å²) in [6, 6.07) is 0. The molecular formula is C11H15N3O2S. The first kappa shape index (κ1) is 12.0. The Labute approximate surface area is 104 Å². The number of hydrogen-bond acceptors (Lipinski definition) is 4. The number of nitrogens with zero attached hydrogens (tertiary/aromatic N) is 3. The van der Waals surface area contributed by atoms with Crippen molar-refractivity contribution in [3.05, 3.63) is 16.1 Å². The molecule has 1 aliphatic heterocycles. The van der Waals surface area contributed by atoms with Crippen molar-refractivity contribution in [3.8, 4) is 0 Å². The van der Waals surface area contributed by atoms with Crippen molar-refractivity contribution < 1.29 is 9.59 Å². The van der Waals surface area contributed by atoms with Gasteiger partial charge in [-0.05, 0) is 6.92 Å². The van der Waals surface area contributed by atoms with E-state index >= 15 is 0 Å². The first-order valence-corrected chi connectivity index (χ1v) is 6.45. The Kier molecular flexibility index (Phi) is 3.73. The molecule has 1 aromatic heterocycles. The Bertz CT molecular complexity index is 411. The van der Waals surface area contributed by atoms with Gasteiger partial charge in [-0.3, -0.25) is 9.59 Å². The predicted octanol–water partition coefficient (Wildman–Crippen LogP) is 0.295. The minimum absolute atomic E-state index is 0.0980. The minimum atomic E-state index is 0.0980. The lowest BCUT2D eigenvalue weighted by molar-refractivity contribution is -0.134. The zero-order valence-electron chi connectivity index (χ0n) is 9.76. The third kappa shape index (κ3) is 3.03. The Morgan fingerprint density at radius 2 is 2.18 bits per heavy atom. The molecule has 0 N–H and O–H groups in total. The average molecular weight is 253 g/mol. The first-order chi connectivity index (χ1) is 8.19. The van der Waals surface area contributed by atoms with Crippen LogP contribution in [-0.4, -0.2) is 53.3 Å². The van der Waals surface area contributed by atoms with Gasteiger partial charge in [0.2, 0.25) is 12.3 Å². The van der Waals surface area contributed by atoms with Crippen molar-refractivity contribution in [2.24, 2.45) is 0 Å². The van der Waals surface area contributed by atoms with E-state index in [0.29, 0.717) is 32.6 Å². The first-order valence-electron chi connectivity index (χ1n) is 5.57. The Morgan fingerprint density at radius 3 is 2.71 bits per heavy atom. The summed E-state index contributed by atoms with van der Waals surface area (Å²) in [4.78, 5) is 30.3. The molecule has 0 aromatic carbocycles. The zero-order valence-corrected chi connectivity index (χ0v) is 10.6. The maximum absolute atomic E-state index is 12.0. The number of carbonyl (C=O) groups excluding carboxylic acids is 2. The van der Waals surface area contributed by atoms with E-state index in [1.54, 1.807) is 21.1 Å². The van der Waals surface area contributed by atoms with Crippen molar-refractivity contribution in [1.29, 1.82) is 0 Å². The van der Waals surface area contributed by atoms with Gasteiger partial charge in [0.1, 0.15) is 0 Å². The number of carbonyl (C=O) groups is 2. The topological polar surface area (TPSA) is 53.5 Å². The molecule has 2 rings (SSSR count). The molecule has 1 aromatic rings. The van der Waals surface area contributed by atoms with Gasteiger partial charge in [0.25, 0.3) is 0 Å². The molecule has 0 unspecified atom stereocenters. The summed E-state index contributed by atoms with van der Waals surface area (Å²) in [5.74, 6) is 0.0980. The lowest BCUT2D eigenvalue weighted by Gasteiger charge is -2.32. The number of aryl methyl sites for hydroxylation is 1. The van der Waals surface area contributed by atoms with Gasteiger partial charge >= 0.3 is 0 Å². The van der Waals surface area contributed by atoms with Crippen LogP contribution in [0.5, 0.6) is 0 Å². The number of rotatable bonds is 3. The van der Waals surface area contributed by atoms with Gasteiger partial charge < -0.3 is 9.80 Å². The van der Waals surface area contributed by atoms with E-state index in [-0.39, 0.29) is 5.91 Å². The van der Waals surface area contributed by atoms with E-state index in [1.165, 1.54) is 0 Å². The van der Waals surface area contributed by atoms with Gasteiger partial charge in [0.15, 0.2) is 0 Å². The SMILES string of the molecule is Cc1nc(CC(=O)N2CCN(C=O)CC2)cs1. The maximum atomic E-state index is 12.0. The van der Waals surface area contributed by atoms with E-state index < -0.39 is 0 Å². The quantitative estimate of drug-likeness (QED) is 0.728. The highest BCUT2D eigenvalue weighted by Gasteiger charge is 2.20. The normalized spacial score (nSPS) is 16.1. The van der Waals surface area contributed by atoms with Gasteiger partial charge in [0.05, 0.1) is 17.1 Å². The molecular weight excluding hydrogens is 238 g/mol. The van der Waals surface area contributed by atoms with Gasteiger partial charge in [-0.1, -0.05) is 0 Å². The lowest BCUT2D eigenvalue weighted by Crippen LogP contribution is -2.48. The molecule has 17 heavy (non-hydrogen) atoms. The van der Waals surface area contributed by atoms with E-state index in [0.717, 1.165) is 17.1 Å². The molecule has 0 spiro atoms. The van der Waals surface area contributed by atoms with Crippen molar-refractivity contribution in [1.82, 2.24) is 14.8 Å². The van der Waals surface area contributed by atoms with E-state index in [4.69, 9.17) is 0 Å². The fraction of sp³-hybridized carbons (Fsp3) is 0.545. The van der Waals surface area contributed by atoms with Crippen LogP contribution in [0.3, 0.4) is 0 Å². The standard InChI is InChI=1S/C11H15N3O2S/c1-9-12-10(7-17-9)6-11(16)14-4-2-13(8-15)3-5-14/h7-8H,2-6H2,1H3. The van der Waals surface area contributed by atoms with Crippen LogP contribution in [0.1, 0.15) is 10.7 Å². The van der Waals surface area contributed by atoms with Crippen molar-refractivity contribution in [2.45, 2.75) is 13.3 Å². The second kappa shape index (κ2) is 5.27. The largest absolute Gasteiger partial charge is 0.342 e. The molecule has 2 amide bonds. The Hall–Kier alpha value is -1.43. The Morgan fingerprint density at radius 1 is 1.47 bits per heavy atom. The van der Waals surface area contributed by atoms with Crippen molar-refractivity contribution in [3.63, 3.8) is 0 Å². The highest BCUT2D eigenvalue weighted by Crippen LogP contribution is 2.10. The van der Waals surface area contributed by atoms with E-state index in [9.17, 15) is 9.59 Å². The fourth-order valence-corrected chi connectivity index (χ4v) is 2.45. The lowest BCUT2D eigenvalue weighted by atomic mass is 10.2. The summed E-state index contributed by atoms with van der Waals surface area (Å²) in [5.41, 5.74) is 0.843. The summed E-state index contributed by atoms with van der Waals surface area (Å²) in [6.45, 7) is 4.44. The molecule has 0 saturated carbocycles. The van der Waals surface area contributed by atoms with Crippen LogP contribution in [0.4, 0.5) is 0 Å². The highest BCUT2D eigenvalue weighted by atomic mass is 32.1. The van der Waals surface area contributed by atoms with Crippen LogP contribution in [0.25, 0.3) is 0 Å². The summed E-state index contributed by atoms with van der Waals surface area (Å²) < 4.78 is 0. The van der Waals surface area contributed by atoms with Crippen molar-refractivity contribution >= 4 is 23.7 Å². The van der Waals surface area contributed by atoms with Gasteiger partial charge in [-0.2, -0.15) is 0 Å². The molecule has 0 bridgehead atoms. The smallest absolute Gasteiger partial charge is 0.228 e. The second-order valence-corrected chi connectivity index (χ2v) is 5.12. The van der Waals surface area contributed by atoms with Crippen LogP contribution in [0.2, 0.25) is 0 Å². The average Bonchev–Trinajstić information content (AvgIpc) is 2.75. The number of piperazine rings is 1. The van der Waals surface area contributed by atoms with Crippen LogP contribution in [0, 0.1) is 6.92 Å². The molecule has 5 nitrogen and oxygen atoms in total. The van der Waals surface area contributed by atoms with E-state index in [1.807, 2.05) is 12.3 Å². The highest BCUT2D eigenvalue weighted by molar-refractivity contribution is 7.09. The van der Waals surface area contributed by atoms with Crippen LogP contribution >= 0.6 is 11.3 Å². The van der Waals surface area contributed by atoms with Gasteiger partial charge in [-0.15, -0.1) is 11.3 Å². The van der Waals surface area contributed by atoms with Crippen LogP contribution < -0.4 is 0 Å². The molecule has 0 aliphatic carbocycles. The molecule has 1 aliphatic rings. The molecule has 2 heterocycles. The third-order valence-electron chi connectivity index (χ3n) is 2.81. The molecule has 6 heteroatoms. The maximum Gasteiger partial charge on any atom is 0.228 e. The minimum Gasteiger partial charge on any atom is -0.342 e. The molecule has 92 valence electrons. The summed E-state index contributed by atoms with van der Waals surface area (Å²) in [7, 11) is 0. The number of hydrogen-bond donors (Lipinski definition) is 0. The monoisotopic (exact) mass is 253 g/mol. The second-order valence-electron chi connectivity index (χ2n) is 4.06. The van der Waals surface area contributed by atoms with Gasteiger partial charge in [-0.25, -0.2) is 4.98 Å². The molecule has 1 saturated heterocycles. The van der Waals surface area contributed by atoms with Crippen LogP contribution in [0.15, 0.2) is 5.38 Å². The van der Waals surface area contributed by atoms with E-state index in [2.05, 4.69) is 4.98 Å². The van der Waals surface area contributed by atoms with Gasteiger partial charge in [0, 0.05) is 31.6 Å². The Balaban J connectivity index is 1.87. The summed E-state index contributed by atoms with van der Waals surface area (Å²) >= 11 is 1.56. The number of aromatic nitrogens is 1. The van der Waals surface area contributed by atoms with Crippen LogP contribution in [-0.2, 0) is 16.0 Å². The summed E-state index contributed by atoms with van der Waals surface area (Å²) in [5, 5.41) is 2.91. The number of amides is 2. The third-order valence-corrected chi connectivity index (χ3v) is 3.64. The summed E-state index contributed by atoms with van der Waals surface area (Å²) in [6.07, 6.45) is 1.21. The fourth-order valence-electron chi connectivity index (χ4n) is 1.83. The molecule has 0 radical (unpaired) electrons. The zero-order chi connectivity index (χ0) is 12.3. The molecule has 1 fully saturated rings. The van der Waals surface area contributed by atoms with Crippen molar-refractivity contribution in [2.75, 3.05) is 26.2 Å². The number of thiazole rings is 1.